The molecule has 0 fully saturated rings. The fourth-order valence-electron chi connectivity index (χ4n) is 2.36. The predicted octanol–water partition coefficient (Wildman–Crippen LogP) is 3.75. The molecular formula is C20H26N7O3+. The lowest BCUT2D eigenvalue weighted by Gasteiger charge is -2.22. The average Bonchev–Trinajstić information content (AvgIpc) is 3.11. The number of aromatic nitrogens is 4. The number of amides is 1. The topological polar surface area (TPSA) is 115 Å². The molecule has 2 aromatic heterocycles. The summed E-state index contributed by atoms with van der Waals surface area (Å²) in [5, 5.41) is 9.97. The van der Waals surface area contributed by atoms with Gasteiger partial charge in [-0.3, -0.25) is 5.32 Å². The summed E-state index contributed by atoms with van der Waals surface area (Å²) in [6.45, 7) is 6.61. The van der Waals surface area contributed by atoms with Crippen molar-refractivity contribution in [2.75, 3.05) is 31.3 Å². The molecule has 3 rings (SSSR count). The van der Waals surface area contributed by atoms with Gasteiger partial charge in [0.1, 0.15) is 5.75 Å². The molecule has 2 heterocycles. The van der Waals surface area contributed by atoms with Gasteiger partial charge >= 0.3 is 12.0 Å². The molecule has 3 aromatic rings. The third-order valence-electron chi connectivity index (χ3n) is 4.06. The van der Waals surface area contributed by atoms with Gasteiger partial charge in [-0.1, -0.05) is 37.2 Å². The van der Waals surface area contributed by atoms with Gasteiger partial charge in [0.05, 0.1) is 19.8 Å². The third kappa shape index (κ3) is 5.29. The zero-order valence-corrected chi connectivity index (χ0v) is 17.7. The van der Waals surface area contributed by atoms with E-state index in [4.69, 9.17) is 9.26 Å². The maximum absolute atomic E-state index is 12.9. The number of aryl methyl sites for hydroxylation is 1. The van der Waals surface area contributed by atoms with Crippen LogP contribution in [0.3, 0.4) is 0 Å². The van der Waals surface area contributed by atoms with Gasteiger partial charge in [-0.05, 0) is 25.0 Å². The first kappa shape index (κ1) is 21.2. The molecule has 0 aliphatic carbocycles. The molecule has 0 radical (unpaired) electrons. The molecule has 10 heteroatoms. The number of carbonyl (C=O) groups is 1. The minimum absolute atomic E-state index is 0.205. The Morgan fingerprint density at radius 1 is 1.13 bits per heavy atom. The van der Waals surface area contributed by atoms with E-state index in [1.165, 1.54) is 0 Å². The van der Waals surface area contributed by atoms with Crippen molar-refractivity contribution < 1.29 is 14.1 Å². The number of rotatable bonds is 7. The van der Waals surface area contributed by atoms with Crippen LogP contribution in [-0.4, -0.2) is 46.8 Å². The minimum Gasteiger partial charge on any atom is -0.380 e. The van der Waals surface area contributed by atoms with Crippen LogP contribution in [0.2, 0.25) is 0 Å². The largest absolute Gasteiger partial charge is 0.528 e. The summed E-state index contributed by atoms with van der Waals surface area (Å²) in [5.41, 5.74) is 0.715. The molecule has 158 valence electrons. The van der Waals surface area contributed by atoms with Crippen LogP contribution in [0.1, 0.15) is 19.5 Å². The van der Waals surface area contributed by atoms with E-state index in [9.17, 15) is 4.79 Å². The molecule has 0 unspecified atom stereocenters. The fourth-order valence-corrected chi connectivity index (χ4v) is 2.36. The van der Waals surface area contributed by atoms with Gasteiger partial charge in [-0.2, -0.15) is 14.3 Å². The number of hydrogen-bond acceptors (Lipinski definition) is 9. The van der Waals surface area contributed by atoms with E-state index in [1.54, 1.807) is 44.4 Å². The number of para-hydroxylation sites is 1. The smallest absolute Gasteiger partial charge is 0.380 e. The molecule has 0 spiro atoms. The summed E-state index contributed by atoms with van der Waals surface area (Å²) < 4.78 is 10.3. The first-order valence-electron chi connectivity index (χ1n) is 9.56. The van der Waals surface area contributed by atoms with Gasteiger partial charge in [0.2, 0.25) is 17.8 Å². The van der Waals surface area contributed by atoms with E-state index in [2.05, 4.69) is 44.6 Å². The molecule has 0 aliphatic heterocycles. The van der Waals surface area contributed by atoms with Crippen molar-refractivity contribution in [3.8, 4) is 5.75 Å². The van der Waals surface area contributed by atoms with Crippen molar-refractivity contribution in [2.45, 2.75) is 20.8 Å². The van der Waals surface area contributed by atoms with E-state index in [0.717, 1.165) is 0 Å². The maximum Gasteiger partial charge on any atom is 0.528 e. The molecule has 0 saturated carbocycles. The lowest BCUT2D eigenvalue weighted by molar-refractivity contribution is 0.170. The SMILES string of the molecule is Cc1cc(Nc2nc(NCC(C)C)nc([N+](C)(C)C(=O)Oc3ccccc3)n2)on1. The first-order valence-corrected chi connectivity index (χ1v) is 9.56. The van der Waals surface area contributed by atoms with Crippen LogP contribution < -0.4 is 19.9 Å². The number of carbonyl (C=O) groups excluding carboxylic acids is 1. The van der Waals surface area contributed by atoms with Crippen molar-refractivity contribution in [2.24, 2.45) is 5.92 Å². The fraction of sp³-hybridized carbons (Fsp3) is 0.350. The van der Waals surface area contributed by atoms with Crippen LogP contribution >= 0.6 is 0 Å². The van der Waals surface area contributed by atoms with Crippen molar-refractivity contribution in [3.05, 3.63) is 42.1 Å². The number of nitrogens with zero attached hydrogens (tertiary/aromatic N) is 5. The predicted molar refractivity (Wildman–Crippen MR) is 114 cm³/mol. The summed E-state index contributed by atoms with van der Waals surface area (Å²) in [7, 11) is 3.30. The van der Waals surface area contributed by atoms with Crippen molar-refractivity contribution in [1.29, 1.82) is 0 Å². The van der Waals surface area contributed by atoms with E-state index >= 15 is 0 Å². The maximum atomic E-state index is 12.9. The van der Waals surface area contributed by atoms with Crippen LogP contribution in [0, 0.1) is 12.8 Å². The lowest BCUT2D eigenvalue weighted by Crippen LogP contribution is -2.49. The molecular weight excluding hydrogens is 386 g/mol. The zero-order valence-electron chi connectivity index (χ0n) is 17.7. The number of anilines is 3. The Bertz CT molecular complexity index is 1000. The van der Waals surface area contributed by atoms with Gasteiger partial charge in [0, 0.05) is 12.6 Å². The van der Waals surface area contributed by atoms with E-state index in [-0.39, 0.29) is 16.4 Å². The summed E-state index contributed by atoms with van der Waals surface area (Å²) in [6.07, 6.45) is -0.538. The molecule has 0 atom stereocenters. The number of nitrogens with one attached hydrogen (secondary N) is 2. The second-order valence-corrected chi connectivity index (χ2v) is 7.65. The molecule has 0 aliphatic rings. The summed E-state index contributed by atoms with van der Waals surface area (Å²) in [5.74, 6) is 1.97. The Labute approximate surface area is 174 Å². The number of hydrogen-bond donors (Lipinski definition) is 2. The van der Waals surface area contributed by atoms with Crippen LogP contribution in [-0.2, 0) is 0 Å². The van der Waals surface area contributed by atoms with Crippen LogP contribution in [0.15, 0.2) is 40.9 Å². The van der Waals surface area contributed by atoms with Crippen molar-refractivity contribution in [3.63, 3.8) is 0 Å². The quantitative estimate of drug-likeness (QED) is 0.560. The molecule has 1 aromatic carbocycles. The Hall–Kier alpha value is -3.53. The standard InChI is InChI=1S/C20H26N7O3/c1-13(2)12-21-17-23-18(22-16-11-14(3)26-30-16)25-19(24-17)27(4,5)20(28)29-15-9-7-6-8-10-15/h6-11,13H,12H2,1-5H3,(H2,21,22,23,24,25)/q+1. The van der Waals surface area contributed by atoms with E-state index in [1.807, 2.05) is 13.0 Å². The highest BCUT2D eigenvalue weighted by atomic mass is 16.6. The molecule has 10 nitrogen and oxygen atoms in total. The summed E-state index contributed by atoms with van der Waals surface area (Å²) >= 11 is 0. The highest BCUT2D eigenvalue weighted by Gasteiger charge is 2.36. The van der Waals surface area contributed by atoms with E-state index < -0.39 is 6.09 Å². The van der Waals surface area contributed by atoms with Crippen molar-refractivity contribution >= 4 is 29.8 Å². The second kappa shape index (κ2) is 8.87. The molecule has 30 heavy (non-hydrogen) atoms. The highest BCUT2D eigenvalue weighted by Crippen LogP contribution is 2.22. The van der Waals surface area contributed by atoms with Crippen LogP contribution in [0.4, 0.5) is 28.5 Å². The number of quaternary nitrogens is 1. The molecule has 1 amide bonds. The van der Waals surface area contributed by atoms with Gasteiger partial charge in [-0.25, -0.2) is 0 Å². The van der Waals surface area contributed by atoms with Crippen LogP contribution in [0.25, 0.3) is 0 Å². The Kier molecular flexibility index (Phi) is 6.26. The Morgan fingerprint density at radius 3 is 2.47 bits per heavy atom. The number of benzene rings is 1. The van der Waals surface area contributed by atoms with Gasteiger partial charge in [0.25, 0.3) is 0 Å². The Morgan fingerprint density at radius 2 is 1.83 bits per heavy atom. The summed E-state index contributed by atoms with van der Waals surface area (Å²) in [6, 6.07) is 10.6. The average molecular weight is 412 g/mol. The Balaban J connectivity index is 1.90. The van der Waals surface area contributed by atoms with Gasteiger partial charge < -0.3 is 14.6 Å². The van der Waals surface area contributed by atoms with Gasteiger partial charge in [0.15, 0.2) is 0 Å². The lowest BCUT2D eigenvalue weighted by atomic mass is 10.2. The second-order valence-electron chi connectivity index (χ2n) is 7.65. The number of ether oxygens (including phenoxy) is 1. The van der Waals surface area contributed by atoms with E-state index in [0.29, 0.717) is 35.7 Å². The molecule has 0 bridgehead atoms. The van der Waals surface area contributed by atoms with Crippen molar-refractivity contribution in [1.82, 2.24) is 24.6 Å². The monoisotopic (exact) mass is 412 g/mol. The molecule has 0 saturated heterocycles. The third-order valence-corrected chi connectivity index (χ3v) is 4.06. The first-order chi connectivity index (χ1) is 14.2. The summed E-state index contributed by atoms with van der Waals surface area (Å²) in [4.78, 5) is 26.1. The highest BCUT2D eigenvalue weighted by molar-refractivity contribution is 5.81. The zero-order chi connectivity index (χ0) is 21.7. The van der Waals surface area contributed by atoms with Crippen LogP contribution in [0.5, 0.6) is 5.75 Å². The molecule has 2 N–H and O–H groups in total. The normalized spacial score (nSPS) is 11.4. The minimum atomic E-state index is -0.538. The van der Waals surface area contributed by atoms with Gasteiger partial charge in [-0.15, -0.1) is 9.97 Å².